The molecule has 1 aliphatic rings. The smallest absolute Gasteiger partial charge is 0.170 e. The first-order valence-electron chi connectivity index (χ1n) is 12.5. The molecule has 1 saturated heterocycles. The van der Waals surface area contributed by atoms with E-state index in [0.717, 1.165) is 54.2 Å². The minimum absolute atomic E-state index is 0.0277. The number of pyridine rings is 1. The third-order valence-corrected chi connectivity index (χ3v) is 6.28. The number of fused-ring (bicyclic) bond motifs is 1. The maximum atomic E-state index is 13.1. The average Bonchev–Trinajstić information content (AvgIpc) is 2.88. The van der Waals surface area contributed by atoms with Crippen molar-refractivity contribution in [1.82, 2.24) is 29.8 Å². The van der Waals surface area contributed by atoms with Crippen molar-refractivity contribution in [3.8, 4) is 11.3 Å². The predicted octanol–water partition coefficient (Wildman–Crippen LogP) is 3.87. The van der Waals surface area contributed by atoms with Gasteiger partial charge in [0.25, 0.3) is 0 Å². The minimum atomic E-state index is -0.120. The Morgan fingerprint density at radius 1 is 0.973 bits per heavy atom. The zero-order valence-electron chi connectivity index (χ0n) is 21.8. The Hall–Kier alpha value is -3.98. The molecule has 1 fully saturated rings. The number of hydrogen-bond donors (Lipinski definition) is 1. The van der Waals surface area contributed by atoms with Gasteiger partial charge in [0.15, 0.2) is 5.78 Å². The SMILES string of the molecule is CN1CCN(c2cc(C(=O)Cc3ncc4ccc(-c5cncc(NC(C)(C)C)n5)cc4n3)ccn2)CC1. The fraction of sp³-hybridized carbons (Fsp3) is 0.357. The Labute approximate surface area is 217 Å². The fourth-order valence-corrected chi connectivity index (χ4v) is 4.30. The number of piperazine rings is 1. The molecule has 9 heteroatoms. The third-order valence-electron chi connectivity index (χ3n) is 6.28. The fourth-order valence-electron chi connectivity index (χ4n) is 4.30. The number of carbonyl (C=O) groups excluding carboxylic acids is 1. The molecule has 4 heterocycles. The van der Waals surface area contributed by atoms with Gasteiger partial charge in [-0.05, 0) is 46.0 Å². The van der Waals surface area contributed by atoms with Gasteiger partial charge in [-0.25, -0.2) is 19.9 Å². The summed E-state index contributed by atoms with van der Waals surface area (Å²) < 4.78 is 0. The first kappa shape index (κ1) is 24.7. The number of hydrogen-bond acceptors (Lipinski definition) is 9. The Bertz CT molecular complexity index is 1420. The van der Waals surface area contributed by atoms with Crippen molar-refractivity contribution in [3.05, 3.63) is 66.5 Å². The van der Waals surface area contributed by atoms with Gasteiger partial charge < -0.3 is 15.1 Å². The van der Waals surface area contributed by atoms with E-state index in [2.05, 4.69) is 57.9 Å². The number of Topliss-reactive ketones (excluding diaryl/α,β-unsaturated/α-hetero) is 1. The Morgan fingerprint density at radius 2 is 1.78 bits per heavy atom. The van der Waals surface area contributed by atoms with Crippen LogP contribution in [0.1, 0.15) is 37.0 Å². The molecule has 1 aliphatic heterocycles. The summed E-state index contributed by atoms with van der Waals surface area (Å²) in [6.45, 7) is 10.0. The van der Waals surface area contributed by atoms with Crippen LogP contribution in [0.15, 0.2) is 55.1 Å². The van der Waals surface area contributed by atoms with E-state index in [-0.39, 0.29) is 17.7 Å². The van der Waals surface area contributed by atoms with Crippen LogP contribution >= 0.6 is 0 Å². The molecule has 0 saturated carbocycles. The number of nitrogens with one attached hydrogen (secondary N) is 1. The van der Waals surface area contributed by atoms with Gasteiger partial charge in [-0.3, -0.25) is 9.78 Å². The monoisotopic (exact) mass is 496 g/mol. The van der Waals surface area contributed by atoms with E-state index in [1.54, 1.807) is 30.9 Å². The first-order chi connectivity index (χ1) is 17.7. The average molecular weight is 497 g/mol. The Kier molecular flexibility index (Phi) is 6.80. The van der Waals surface area contributed by atoms with Crippen LogP contribution in [0.3, 0.4) is 0 Å². The van der Waals surface area contributed by atoms with Crippen molar-refractivity contribution >= 4 is 28.3 Å². The summed E-state index contributed by atoms with van der Waals surface area (Å²) in [6.07, 6.45) is 7.05. The number of aromatic nitrogens is 5. The zero-order valence-corrected chi connectivity index (χ0v) is 21.8. The van der Waals surface area contributed by atoms with Crippen LogP contribution < -0.4 is 10.2 Å². The Morgan fingerprint density at radius 3 is 2.57 bits per heavy atom. The molecule has 0 unspecified atom stereocenters. The van der Waals surface area contributed by atoms with Crippen LogP contribution in [0.5, 0.6) is 0 Å². The van der Waals surface area contributed by atoms with Crippen molar-refractivity contribution in [1.29, 1.82) is 0 Å². The molecule has 190 valence electrons. The van der Waals surface area contributed by atoms with Crippen molar-refractivity contribution in [2.75, 3.05) is 43.4 Å². The molecule has 5 rings (SSSR count). The molecule has 9 nitrogen and oxygen atoms in total. The highest BCUT2D eigenvalue weighted by molar-refractivity contribution is 5.98. The standard InChI is InChI=1S/C28H32N8O/c1-28(2,3)34-26-18-29-17-23(33-26)19-5-6-21-16-31-25(32-22(21)13-19)15-24(37)20-7-8-30-27(14-20)36-11-9-35(4)10-12-36/h5-8,13-14,16-18H,9-12,15H2,1-4H3,(H,33,34). The second-order valence-electron chi connectivity index (χ2n) is 10.5. The summed E-state index contributed by atoms with van der Waals surface area (Å²) in [4.78, 5) is 40.3. The highest BCUT2D eigenvalue weighted by Crippen LogP contribution is 2.23. The maximum Gasteiger partial charge on any atom is 0.170 e. The third kappa shape index (κ3) is 6.06. The van der Waals surface area contributed by atoms with Crippen LogP contribution in [0.25, 0.3) is 22.2 Å². The topological polar surface area (TPSA) is 100 Å². The first-order valence-corrected chi connectivity index (χ1v) is 12.5. The van der Waals surface area contributed by atoms with Gasteiger partial charge in [0.2, 0.25) is 0 Å². The van der Waals surface area contributed by atoms with Gasteiger partial charge in [0.05, 0.1) is 30.0 Å². The molecule has 0 spiro atoms. The number of benzene rings is 1. The number of likely N-dealkylation sites (N-methyl/N-ethyl adjacent to an activating group) is 1. The van der Waals surface area contributed by atoms with Crippen LogP contribution in [0, 0.1) is 0 Å². The quantitative estimate of drug-likeness (QED) is 0.399. The van der Waals surface area contributed by atoms with E-state index in [1.165, 1.54) is 0 Å². The molecular formula is C28H32N8O. The lowest BCUT2D eigenvalue weighted by Crippen LogP contribution is -2.44. The van der Waals surface area contributed by atoms with Crippen LogP contribution in [-0.2, 0) is 6.42 Å². The lowest BCUT2D eigenvalue weighted by Gasteiger charge is -2.33. The second kappa shape index (κ2) is 10.2. The van der Waals surface area contributed by atoms with Crippen LogP contribution in [-0.4, -0.2) is 74.4 Å². The van der Waals surface area contributed by atoms with E-state index in [1.807, 2.05) is 24.3 Å². The van der Waals surface area contributed by atoms with Crippen molar-refractivity contribution < 1.29 is 4.79 Å². The molecule has 0 aliphatic carbocycles. The number of anilines is 2. The lowest BCUT2D eigenvalue weighted by atomic mass is 10.1. The van der Waals surface area contributed by atoms with Crippen molar-refractivity contribution in [3.63, 3.8) is 0 Å². The summed E-state index contributed by atoms with van der Waals surface area (Å²) in [5, 5.41) is 4.26. The molecule has 0 radical (unpaired) electrons. The van der Waals surface area contributed by atoms with Crippen LogP contribution in [0.4, 0.5) is 11.6 Å². The summed E-state index contributed by atoms with van der Waals surface area (Å²) >= 11 is 0. The summed E-state index contributed by atoms with van der Waals surface area (Å²) in [5.74, 6) is 2.02. The highest BCUT2D eigenvalue weighted by Gasteiger charge is 2.18. The van der Waals surface area contributed by atoms with Crippen molar-refractivity contribution in [2.24, 2.45) is 0 Å². The van der Waals surface area contributed by atoms with E-state index >= 15 is 0 Å². The van der Waals surface area contributed by atoms with Gasteiger partial charge in [-0.2, -0.15) is 0 Å². The molecule has 1 N–H and O–H groups in total. The second-order valence-corrected chi connectivity index (χ2v) is 10.5. The number of nitrogens with zero attached hydrogens (tertiary/aromatic N) is 7. The Balaban J connectivity index is 1.35. The number of ketones is 1. The van der Waals surface area contributed by atoms with Gasteiger partial charge in [-0.15, -0.1) is 0 Å². The molecule has 4 aromatic rings. The van der Waals surface area contributed by atoms with Crippen molar-refractivity contribution in [2.45, 2.75) is 32.7 Å². The van der Waals surface area contributed by atoms with E-state index < -0.39 is 0 Å². The molecule has 0 bridgehead atoms. The van der Waals surface area contributed by atoms with Gasteiger partial charge >= 0.3 is 0 Å². The largest absolute Gasteiger partial charge is 0.364 e. The predicted molar refractivity (Wildman–Crippen MR) is 146 cm³/mol. The van der Waals surface area contributed by atoms with E-state index in [0.29, 0.717) is 17.2 Å². The molecule has 37 heavy (non-hydrogen) atoms. The molecule has 1 aromatic carbocycles. The van der Waals surface area contributed by atoms with Crippen LogP contribution in [0.2, 0.25) is 0 Å². The minimum Gasteiger partial charge on any atom is -0.364 e. The van der Waals surface area contributed by atoms with E-state index in [9.17, 15) is 4.79 Å². The lowest BCUT2D eigenvalue weighted by molar-refractivity contribution is 0.0991. The van der Waals surface area contributed by atoms with Gasteiger partial charge in [0, 0.05) is 60.6 Å². The molecule has 0 amide bonds. The normalized spacial score (nSPS) is 14.6. The summed E-state index contributed by atoms with van der Waals surface area (Å²) in [6, 6.07) is 9.56. The number of rotatable bonds is 6. The maximum absolute atomic E-state index is 13.1. The highest BCUT2D eigenvalue weighted by atomic mass is 16.1. The summed E-state index contributed by atoms with van der Waals surface area (Å²) in [7, 11) is 2.12. The molecule has 3 aromatic heterocycles. The number of carbonyl (C=O) groups is 1. The zero-order chi connectivity index (χ0) is 26.0. The molecular weight excluding hydrogens is 464 g/mol. The van der Waals surface area contributed by atoms with E-state index in [4.69, 9.17) is 9.97 Å². The summed E-state index contributed by atoms with van der Waals surface area (Å²) in [5.41, 5.74) is 2.92. The molecule has 0 atom stereocenters. The van der Waals surface area contributed by atoms with Gasteiger partial charge in [0.1, 0.15) is 17.5 Å². The van der Waals surface area contributed by atoms with Gasteiger partial charge in [-0.1, -0.05) is 12.1 Å².